The minimum absolute atomic E-state index is 0.130. The summed E-state index contributed by atoms with van der Waals surface area (Å²) in [5.74, 6) is 0.379. The molecule has 2 N–H and O–H groups in total. The molecule has 0 bridgehead atoms. The fourth-order valence-electron chi connectivity index (χ4n) is 2.83. The quantitative estimate of drug-likeness (QED) is 0.372. The van der Waals surface area contributed by atoms with Crippen LogP contribution in [0.25, 0.3) is 10.2 Å². The summed E-state index contributed by atoms with van der Waals surface area (Å²) >= 11 is 4.59. The van der Waals surface area contributed by atoms with Crippen molar-refractivity contribution in [3.05, 3.63) is 64.1 Å². The Hall–Kier alpha value is -2.75. The van der Waals surface area contributed by atoms with Crippen LogP contribution in [0.3, 0.4) is 0 Å². The number of rotatable bonds is 6. The molecular weight excluding hydrogens is 436 g/mol. The molecular formula is C21H18N4O2S3. The first-order valence-corrected chi connectivity index (χ1v) is 11.8. The van der Waals surface area contributed by atoms with Gasteiger partial charge in [0.25, 0.3) is 5.91 Å². The summed E-state index contributed by atoms with van der Waals surface area (Å²) in [5, 5.41) is 9.26. The van der Waals surface area contributed by atoms with E-state index in [4.69, 9.17) is 0 Å². The number of fused-ring (bicyclic) bond motifs is 1. The molecule has 152 valence electrons. The number of amides is 2. The lowest BCUT2D eigenvalue weighted by atomic mass is 10.2. The molecule has 0 aliphatic rings. The van der Waals surface area contributed by atoms with Crippen LogP contribution in [0.2, 0.25) is 0 Å². The Labute approximate surface area is 185 Å². The van der Waals surface area contributed by atoms with Gasteiger partial charge in [-0.15, -0.1) is 23.1 Å². The maximum absolute atomic E-state index is 12.9. The number of nitrogens with one attached hydrogen (secondary N) is 2. The highest BCUT2D eigenvalue weighted by molar-refractivity contribution is 7.98. The number of benzene rings is 2. The number of aromatic nitrogens is 2. The van der Waals surface area contributed by atoms with Crippen LogP contribution in [0.15, 0.2) is 52.7 Å². The van der Waals surface area contributed by atoms with Crippen LogP contribution in [0.5, 0.6) is 0 Å². The fraction of sp³-hybridized carbons (Fsp3) is 0.143. The Kier molecular flexibility index (Phi) is 6.12. The van der Waals surface area contributed by atoms with Gasteiger partial charge in [0.05, 0.1) is 26.5 Å². The SMILES string of the molecule is CC(=O)Nc1ccc2nc(NC(=O)c3ccccc3SCc3csc(C)n3)sc2c1. The zero-order valence-corrected chi connectivity index (χ0v) is 18.7. The third-order valence-electron chi connectivity index (χ3n) is 4.10. The average Bonchev–Trinajstić information content (AvgIpc) is 3.31. The second-order valence-electron chi connectivity index (χ2n) is 6.48. The normalized spacial score (nSPS) is 10.9. The lowest BCUT2D eigenvalue weighted by Crippen LogP contribution is -2.12. The molecule has 0 saturated heterocycles. The highest BCUT2D eigenvalue weighted by Gasteiger charge is 2.15. The van der Waals surface area contributed by atoms with Crippen molar-refractivity contribution in [2.75, 3.05) is 10.6 Å². The summed E-state index contributed by atoms with van der Waals surface area (Å²) < 4.78 is 0.887. The zero-order valence-electron chi connectivity index (χ0n) is 16.3. The molecule has 4 aromatic rings. The number of nitrogens with zero attached hydrogens (tertiary/aromatic N) is 2. The largest absolute Gasteiger partial charge is 0.326 e. The van der Waals surface area contributed by atoms with Crippen LogP contribution in [-0.2, 0) is 10.5 Å². The van der Waals surface area contributed by atoms with E-state index in [0.29, 0.717) is 22.1 Å². The Bertz CT molecular complexity index is 1230. The van der Waals surface area contributed by atoms with Gasteiger partial charge in [-0.1, -0.05) is 23.5 Å². The molecule has 0 aliphatic heterocycles. The second kappa shape index (κ2) is 8.95. The number of hydrogen-bond acceptors (Lipinski definition) is 7. The van der Waals surface area contributed by atoms with Crippen molar-refractivity contribution in [1.82, 2.24) is 9.97 Å². The fourth-order valence-corrected chi connectivity index (χ4v) is 5.39. The first kappa shape index (κ1) is 20.5. The number of carbonyl (C=O) groups is 2. The van der Waals surface area contributed by atoms with E-state index < -0.39 is 0 Å². The Morgan fingerprint density at radius 2 is 1.93 bits per heavy atom. The predicted molar refractivity (Wildman–Crippen MR) is 125 cm³/mol. The summed E-state index contributed by atoms with van der Waals surface area (Å²) in [6.45, 7) is 3.45. The highest BCUT2D eigenvalue weighted by atomic mass is 32.2. The summed E-state index contributed by atoms with van der Waals surface area (Å²) in [6, 6.07) is 13.0. The number of anilines is 2. The number of thiazole rings is 2. The number of thioether (sulfide) groups is 1. The second-order valence-corrected chi connectivity index (χ2v) is 9.59. The monoisotopic (exact) mass is 454 g/mol. The van der Waals surface area contributed by atoms with E-state index in [1.807, 2.05) is 48.7 Å². The van der Waals surface area contributed by atoms with E-state index in [-0.39, 0.29) is 11.8 Å². The van der Waals surface area contributed by atoms with Gasteiger partial charge in [-0.25, -0.2) is 9.97 Å². The van der Waals surface area contributed by atoms with Crippen LogP contribution < -0.4 is 10.6 Å². The third kappa shape index (κ3) is 4.86. The Morgan fingerprint density at radius 3 is 2.70 bits per heavy atom. The molecule has 0 aliphatic carbocycles. The topological polar surface area (TPSA) is 84.0 Å². The maximum Gasteiger partial charge on any atom is 0.258 e. The van der Waals surface area contributed by atoms with Crippen molar-refractivity contribution in [3.8, 4) is 0 Å². The lowest BCUT2D eigenvalue weighted by Gasteiger charge is -2.07. The molecule has 0 saturated carbocycles. The van der Waals surface area contributed by atoms with Crippen molar-refractivity contribution >= 4 is 67.3 Å². The molecule has 0 unspecified atom stereocenters. The van der Waals surface area contributed by atoms with Crippen molar-refractivity contribution in [2.45, 2.75) is 24.5 Å². The van der Waals surface area contributed by atoms with E-state index >= 15 is 0 Å². The lowest BCUT2D eigenvalue weighted by molar-refractivity contribution is -0.114. The number of hydrogen-bond donors (Lipinski definition) is 2. The van der Waals surface area contributed by atoms with Crippen LogP contribution in [0.1, 0.15) is 28.0 Å². The minimum Gasteiger partial charge on any atom is -0.326 e. The first-order chi connectivity index (χ1) is 14.5. The molecule has 9 heteroatoms. The van der Waals surface area contributed by atoms with Crippen LogP contribution in [0.4, 0.5) is 10.8 Å². The van der Waals surface area contributed by atoms with Crippen LogP contribution >= 0.6 is 34.4 Å². The standard InChI is InChI=1S/C21H18N4O2S3/c1-12(26)22-14-7-8-17-19(9-14)30-21(24-17)25-20(27)16-5-3-4-6-18(16)29-11-15-10-28-13(2)23-15/h3-10H,11H2,1-2H3,(H,22,26)(H,24,25,27). The van der Waals surface area contributed by atoms with Gasteiger partial charge in [0.15, 0.2) is 5.13 Å². The van der Waals surface area contributed by atoms with Crippen LogP contribution in [-0.4, -0.2) is 21.8 Å². The summed E-state index contributed by atoms with van der Waals surface area (Å²) in [6.07, 6.45) is 0. The predicted octanol–water partition coefficient (Wildman–Crippen LogP) is 5.56. The molecule has 2 aromatic carbocycles. The van der Waals surface area contributed by atoms with E-state index in [0.717, 1.165) is 25.8 Å². The zero-order chi connectivity index (χ0) is 21.1. The Balaban J connectivity index is 1.50. The molecule has 2 aromatic heterocycles. The van der Waals surface area contributed by atoms with Gasteiger partial charge in [-0.3, -0.25) is 14.9 Å². The van der Waals surface area contributed by atoms with Crippen molar-refractivity contribution < 1.29 is 9.59 Å². The van der Waals surface area contributed by atoms with Gasteiger partial charge in [-0.2, -0.15) is 0 Å². The van der Waals surface area contributed by atoms with E-state index in [1.54, 1.807) is 29.2 Å². The summed E-state index contributed by atoms with van der Waals surface area (Å²) in [7, 11) is 0. The van der Waals surface area contributed by atoms with Gasteiger partial charge in [0.1, 0.15) is 0 Å². The number of carbonyl (C=O) groups excluding carboxylic acids is 2. The van der Waals surface area contributed by atoms with Crippen LogP contribution in [0, 0.1) is 6.92 Å². The molecule has 0 radical (unpaired) electrons. The van der Waals surface area contributed by atoms with Crippen molar-refractivity contribution in [3.63, 3.8) is 0 Å². The third-order valence-corrected chi connectivity index (χ3v) is 6.97. The van der Waals surface area contributed by atoms with Crippen molar-refractivity contribution in [2.24, 2.45) is 0 Å². The summed E-state index contributed by atoms with van der Waals surface area (Å²) in [5.41, 5.74) is 3.09. The minimum atomic E-state index is -0.200. The smallest absolute Gasteiger partial charge is 0.258 e. The average molecular weight is 455 g/mol. The molecule has 4 rings (SSSR count). The van der Waals surface area contributed by atoms with Gasteiger partial charge in [0.2, 0.25) is 5.91 Å². The van der Waals surface area contributed by atoms with E-state index in [2.05, 4.69) is 20.6 Å². The molecule has 30 heavy (non-hydrogen) atoms. The first-order valence-electron chi connectivity index (χ1n) is 9.10. The molecule has 6 nitrogen and oxygen atoms in total. The molecule has 2 amide bonds. The number of aryl methyl sites for hydroxylation is 1. The van der Waals surface area contributed by atoms with Gasteiger partial charge in [0, 0.05) is 28.6 Å². The van der Waals surface area contributed by atoms with Gasteiger partial charge < -0.3 is 5.32 Å². The molecule has 0 spiro atoms. The van der Waals surface area contributed by atoms with Gasteiger partial charge in [-0.05, 0) is 37.3 Å². The maximum atomic E-state index is 12.9. The molecule has 0 atom stereocenters. The Morgan fingerprint density at radius 1 is 1.10 bits per heavy atom. The highest BCUT2D eigenvalue weighted by Crippen LogP contribution is 2.31. The van der Waals surface area contributed by atoms with Crippen molar-refractivity contribution in [1.29, 1.82) is 0 Å². The summed E-state index contributed by atoms with van der Waals surface area (Å²) in [4.78, 5) is 34.0. The van der Waals surface area contributed by atoms with Gasteiger partial charge >= 0.3 is 0 Å². The molecule has 2 heterocycles. The van der Waals surface area contributed by atoms with E-state index in [1.165, 1.54) is 18.3 Å². The van der Waals surface area contributed by atoms with E-state index in [9.17, 15) is 9.59 Å². The molecule has 0 fully saturated rings.